The fourth-order valence-corrected chi connectivity index (χ4v) is 3.80. The van der Waals surface area contributed by atoms with Gasteiger partial charge < -0.3 is 15.4 Å². The number of methoxy groups -OCH3 is 1. The van der Waals surface area contributed by atoms with E-state index in [1.807, 2.05) is 11.8 Å². The Labute approximate surface area is 107 Å². The molecule has 2 rings (SSSR count). The number of hydrogen-bond acceptors (Lipinski definition) is 4. The van der Waals surface area contributed by atoms with Crippen molar-refractivity contribution in [3.63, 3.8) is 0 Å². The van der Waals surface area contributed by atoms with Crippen LogP contribution in [0.5, 0.6) is 0 Å². The van der Waals surface area contributed by atoms with Gasteiger partial charge in [-0.3, -0.25) is 4.79 Å². The first-order valence-electron chi connectivity index (χ1n) is 6.36. The summed E-state index contributed by atoms with van der Waals surface area (Å²) in [5.41, 5.74) is -0.335. The summed E-state index contributed by atoms with van der Waals surface area (Å²) in [5, 5.41) is 6.99. The van der Waals surface area contributed by atoms with Crippen LogP contribution in [-0.2, 0) is 9.53 Å². The van der Waals surface area contributed by atoms with Gasteiger partial charge in [-0.15, -0.1) is 0 Å². The molecular weight excluding hydrogens is 236 g/mol. The molecule has 0 aromatic carbocycles. The summed E-state index contributed by atoms with van der Waals surface area (Å²) >= 11 is 1.98. The van der Waals surface area contributed by atoms with Crippen LogP contribution in [0.1, 0.15) is 19.3 Å². The molecule has 2 aliphatic heterocycles. The highest BCUT2D eigenvalue weighted by Gasteiger charge is 2.41. The summed E-state index contributed by atoms with van der Waals surface area (Å²) in [6.45, 7) is 2.98. The zero-order valence-electron chi connectivity index (χ0n) is 10.5. The predicted molar refractivity (Wildman–Crippen MR) is 70.3 cm³/mol. The number of thioether (sulfide) groups is 1. The van der Waals surface area contributed by atoms with E-state index in [2.05, 4.69) is 10.6 Å². The van der Waals surface area contributed by atoms with Crippen LogP contribution in [0.3, 0.4) is 0 Å². The van der Waals surface area contributed by atoms with Crippen molar-refractivity contribution in [3.8, 4) is 0 Å². The van der Waals surface area contributed by atoms with Gasteiger partial charge >= 0.3 is 0 Å². The number of amides is 1. The van der Waals surface area contributed by atoms with Crippen LogP contribution in [0.25, 0.3) is 0 Å². The van der Waals surface area contributed by atoms with E-state index in [-0.39, 0.29) is 11.3 Å². The standard InChI is InChI=1S/C12H22N2O2S/c1-16-9-12(4-5-13-8-12)11(15)14-7-10-3-2-6-17-10/h10,13H,2-9H2,1H3,(H,14,15). The summed E-state index contributed by atoms with van der Waals surface area (Å²) in [6, 6.07) is 0. The minimum absolute atomic E-state index is 0.164. The molecular formula is C12H22N2O2S. The van der Waals surface area contributed by atoms with Gasteiger partial charge in [0.2, 0.25) is 5.91 Å². The molecule has 0 spiro atoms. The Balaban J connectivity index is 1.83. The summed E-state index contributed by atoms with van der Waals surface area (Å²) in [6.07, 6.45) is 3.40. The van der Waals surface area contributed by atoms with Crippen molar-refractivity contribution in [2.75, 3.05) is 39.1 Å². The molecule has 0 saturated carbocycles. The third-order valence-corrected chi connectivity index (χ3v) is 5.06. The highest BCUT2D eigenvalue weighted by Crippen LogP contribution is 2.28. The first-order valence-corrected chi connectivity index (χ1v) is 7.41. The van der Waals surface area contributed by atoms with E-state index in [1.165, 1.54) is 18.6 Å². The fraction of sp³-hybridized carbons (Fsp3) is 0.917. The number of carbonyl (C=O) groups excluding carboxylic acids is 1. The van der Waals surface area contributed by atoms with Gasteiger partial charge in [0.05, 0.1) is 12.0 Å². The lowest BCUT2D eigenvalue weighted by Gasteiger charge is -2.26. The van der Waals surface area contributed by atoms with Crippen molar-refractivity contribution in [2.45, 2.75) is 24.5 Å². The predicted octanol–water partition coefficient (Wildman–Crippen LogP) is 0.624. The molecule has 2 saturated heterocycles. The second-order valence-corrected chi connectivity index (χ2v) is 6.39. The van der Waals surface area contributed by atoms with Crippen LogP contribution in [0, 0.1) is 5.41 Å². The van der Waals surface area contributed by atoms with Gasteiger partial charge in [-0.1, -0.05) is 0 Å². The monoisotopic (exact) mass is 258 g/mol. The number of hydrogen-bond donors (Lipinski definition) is 2. The second-order valence-electron chi connectivity index (χ2n) is 4.99. The summed E-state index contributed by atoms with van der Waals surface area (Å²) in [7, 11) is 1.67. The highest BCUT2D eigenvalue weighted by molar-refractivity contribution is 8.00. The van der Waals surface area contributed by atoms with Gasteiger partial charge in [0.25, 0.3) is 0 Å². The van der Waals surface area contributed by atoms with E-state index < -0.39 is 0 Å². The van der Waals surface area contributed by atoms with Gasteiger partial charge in [0, 0.05) is 25.4 Å². The maximum atomic E-state index is 12.3. The van der Waals surface area contributed by atoms with Crippen molar-refractivity contribution in [1.82, 2.24) is 10.6 Å². The van der Waals surface area contributed by atoms with E-state index in [9.17, 15) is 4.79 Å². The zero-order valence-corrected chi connectivity index (χ0v) is 11.3. The lowest BCUT2D eigenvalue weighted by Crippen LogP contribution is -2.47. The number of carbonyl (C=O) groups is 1. The number of ether oxygens (including phenoxy) is 1. The fourth-order valence-electron chi connectivity index (χ4n) is 2.60. The van der Waals surface area contributed by atoms with Gasteiger partial charge in [-0.2, -0.15) is 11.8 Å². The Bertz CT molecular complexity index is 261. The Kier molecular flexibility index (Phi) is 4.70. The van der Waals surface area contributed by atoms with Gasteiger partial charge in [-0.25, -0.2) is 0 Å². The molecule has 2 aliphatic rings. The van der Waals surface area contributed by atoms with Crippen molar-refractivity contribution >= 4 is 17.7 Å². The van der Waals surface area contributed by atoms with E-state index >= 15 is 0 Å². The number of rotatable bonds is 5. The van der Waals surface area contributed by atoms with Crippen LogP contribution in [0.2, 0.25) is 0 Å². The Morgan fingerprint density at radius 3 is 3.12 bits per heavy atom. The Morgan fingerprint density at radius 1 is 1.65 bits per heavy atom. The van der Waals surface area contributed by atoms with Crippen molar-refractivity contribution < 1.29 is 9.53 Å². The van der Waals surface area contributed by atoms with Crippen molar-refractivity contribution in [2.24, 2.45) is 5.41 Å². The Hall–Kier alpha value is -0.260. The summed E-state index contributed by atoms with van der Waals surface area (Å²) in [5.74, 6) is 1.41. The van der Waals surface area contributed by atoms with Crippen LogP contribution >= 0.6 is 11.8 Å². The van der Waals surface area contributed by atoms with Gasteiger partial charge in [0.15, 0.2) is 0 Å². The third-order valence-electron chi connectivity index (χ3n) is 3.66. The van der Waals surface area contributed by atoms with Crippen LogP contribution < -0.4 is 10.6 Å². The molecule has 4 nitrogen and oxygen atoms in total. The molecule has 0 bridgehead atoms. The molecule has 0 aromatic heterocycles. The van der Waals surface area contributed by atoms with Crippen LogP contribution in [0.4, 0.5) is 0 Å². The first-order chi connectivity index (χ1) is 8.27. The van der Waals surface area contributed by atoms with Crippen molar-refractivity contribution in [3.05, 3.63) is 0 Å². The van der Waals surface area contributed by atoms with E-state index in [0.29, 0.717) is 11.9 Å². The molecule has 17 heavy (non-hydrogen) atoms. The first kappa shape index (κ1) is 13.2. The average molecular weight is 258 g/mol. The highest BCUT2D eigenvalue weighted by atomic mass is 32.2. The average Bonchev–Trinajstić information content (AvgIpc) is 2.97. The zero-order chi connectivity index (χ0) is 12.1. The summed E-state index contributed by atoms with van der Waals surface area (Å²) in [4.78, 5) is 12.3. The van der Waals surface area contributed by atoms with Crippen LogP contribution in [0.15, 0.2) is 0 Å². The lowest BCUT2D eigenvalue weighted by atomic mass is 9.87. The van der Waals surface area contributed by atoms with E-state index in [4.69, 9.17) is 4.74 Å². The normalized spacial score (nSPS) is 32.9. The molecule has 0 aliphatic carbocycles. The molecule has 2 unspecified atom stereocenters. The minimum Gasteiger partial charge on any atom is -0.384 e. The quantitative estimate of drug-likeness (QED) is 0.759. The van der Waals surface area contributed by atoms with E-state index in [1.54, 1.807) is 7.11 Å². The maximum absolute atomic E-state index is 12.3. The molecule has 0 aromatic rings. The van der Waals surface area contributed by atoms with Gasteiger partial charge in [0.1, 0.15) is 0 Å². The lowest BCUT2D eigenvalue weighted by molar-refractivity contribution is -0.132. The largest absolute Gasteiger partial charge is 0.384 e. The topological polar surface area (TPSA) is 50.4 Å². The summed E-state index contributed by atoms with van der Waals surface area (Å²) < 4.78 is 5.22. The maximum Gasteiger partial charge on any atom is 0.229 e. The van der Waals surface area contributed by atoms with Gasteiger partial charge in [-0.05, 0) is 31.6 Å². The second kappa shape index (κ2) is 6.07. The van der Waals surface area contributed by atoms with E-state index in [0.717, 1.165) is 26.1 Å². The third kappa shape index (κ3) is 3.14. The molecule has 2 fully saturated rings. The molecule has 2 atom stereocenters. The Morgan fingerprint density at radius 2 is 2.53 bits per heavy atom. The molecule has 0 radical (unpaired) electrons. The molecule has 2 heterocycles. The molecule has 2 N–H and O–H groups in total. The smallest absolute Gasteiger partial charge is 0.229 e. The molecule has 98 valence electrons. The molecule has 5 heteroatoms. The molecule has 1 amide bonds. The minimum atomic E-state index is -0.335. The number of nitrogens with one attached hydrogen (secondary N) is 2. The van der Waals surface area contributed by atoms with Crippen molar-refractivity contribution in [1.29, 1.82) is 0 Å². The SMILES string of the molecule is COCC1(C(=O)NCC2CCCS2)CCNC1. The van der Waals surface area contributed by atoms with Crippen LogP contribution in [-0.4, -0.2) is 50.3 Å².